The van der Waals surface area contributed by atoms with Crippen molar-refractivity contribution in [2.24, 2.45) is 5.92 Å². The summed E-state index contributed by atoms with van der Waals surface area (Å²) in [5.41, 5.74) is 0. The average Bonchev–Trinajstić information content (AvgIpc) is 2.05. The highest BCUT2D eigenvalue weighted by atomic mass is 16.5. The van der Waals surface area contributed by atoms with E-state index in [0.29, 0.717) is 6.29 Å². The van der Waals surface area contributed by atoms with Crippen LogP contribution in [0.15, 0.2) is 0 Å². The van der Waals surface area contributed by atoms with Crippen molar-refractivity contribution < 1.29 is 19.1 Å². The molecule has 0 saturated carbocycles. The average molecular weight is 186 g/mol. The Bertz CT molecular complexity index is 198. The van der Waals surface area contributed by atoms with Crippen molar-refractivity contribution >= 4 is 18.0 Å². The number of rotatable bonds is 6. The monoisotopic (exact) mass is 186 g/mol. The number of carbonyl (C=O) groups is 3. The highest BCUT2D eigenvalue weighted by molar-refractivity contribution is 5.97. The van der Waals surface area contributed by atoms with Gasteiger partial charge >= 0.3 is 5.97 Å². The molecule has 0 aromatic heterocycles. The van der Waals surface area contributed by atoms with Gasteiger partial charge in [-0.05, 0) is 20.3 Å². The van der Waals surface area contributed by atoms with Gasteiger partial charge in [-0.2, -0.15) is 0 Å². The normalized spacial score (nSPS) is 11.8. The Labute approximate surface area is 77.3 Å². The van der Waals surface area contributed by atoms with Crippen LogP contribution in [-0.4, -0.2) is 24.6 Å². The van der Waals surface area contributed by atoms with Crippen molar-refractivity contribution in [1.82, 2.24) is 0 Å². The van der Waals surface area contributed by atoms with Crippen molar-refractivity contribution in [2.45, 2.75) is 26.7 Å². The second-order valence-corrected chi connectivity index (χ2v) is 2.66. The zero-order chi connectivity index (χ0) is 10.3. The van der Waals surface area contributed by atoms with Crippen LogP contribution in [0.1, 0.15) is 26.7 Å². The van der Waals surface area contributed by atoms with Gasteiger partial charge in [0.25, 0.3) is 0 Å². The predicted molar refractivity (Wildman–Crippen MR) is 46.1 cm³/mol. The molecule has 0 amide bonds. The van der Waals surface area contributed by atoms with Crippen LogP contribution in [0.5, 0.6) is 0 Å². The lowest BCUT2D eigenvalue weighted by atomic mass is 10.00. The zero-order valence-electron chi connectivity index (χ0n) is 7.91. The molecule has 0 bridgehead atoms. The lowest BCUT2D eigenvalue weighted by Gasteiger charge is -2.10. The van der Waals surface area contributed by atoms with E-state index >= 15 is 0 Å². The second kappa shape index (κ2) is 6.34. The number of esters is 1. The number of carbonyl (C=O) groups excluding carboxylic acids is 3. The summed E-state index contributed by atoms with van der Waals surface area (Å²) in [5.74, 6) is -1.55. The topological polar surface area (TPSA) is 60.4 Å². The highest BCUT2D eigenvalue weighted by Gasteiger charge is 2.23. The van der Waals surface area contributed by atoms with E-state index in [2.05, 4.69) is 4.74 Å². The summed E-state index contributed by atoms with van der Waals surface area (Å²) in [6.45, 7) is 3.25. The van der Waals surface area contributed by atoms with E-state index in [1.165, 1.54) is 6.92 Å². The minimum atomic E-state index is -0.773. The molecule has 0 aliphatic carbocycles. The minimum absolute atomic E-state index is 0.211. The third-order valence-electron chi connectivity index (χ3n) is 1.64. The van der Waals surface area contributed by atoms with Gasteiger partial charge in [-0.15, -0.1) is 0 Å². The van der Waals surface area contributed by atoms with Gasteiger partial charge in [0, 0.05) is 6.42 Å². The van der Waals surface area contributed by atoms with Gasteiger partial charge in [-0.25, -0.2) is 0 Å². The van der Waals surface area contributed by atoms with Gasteiger partial charge in [0.2, 0.25) is 0 Å². The number of aldehydes is 1. The molecule has 0 aromatic carbocycles. The van der Waals surface area contributed by atoms with Crippen LogP contribution in [0.2, 0.25) is 0 Å². The number of hydrogen-bond acceptors (Lipinski definition) is 4. The largest absolute Gasteiger partial charge is 0.465 e. The summed E-state index contributed by atoms with van der Waals surface area (Å²) in [6.07, 6.45) is 1.15. The van der Waals surface area contributed by atoms with Crippen molar-refractivity contribution in [3.05, 3.63) is 0 Å². The molecule has 0 aliphatic heterocycles. The minimum Gasteiger partial charge on any atom is -0.465 e. The van der Waals surface area contributed by atoms with Crippen LogP contribution in [0, 0.1) is 5.92 Å². The summed E-state index contributed by atoms with van der Waals surface area (Å²) < 4.78 is 4.69. The van der Waals surface area contributed by atoms with E-state index in [0.717, 1.165) is 0 Å². The predicted octanol–water partition coefficient (Wildman–Crippen LogP) is 0.734. The number of ether oxygens (including phenoxy) is 1. The summed E-state index contributed by atoms with van der Waals surface area (Å²) >= 11 is 0. The Morgan fingerprint density at radius 3 is 2.46 bits per heavy atom. The second-order valence-electron chi connectivity index (χ2n) is 2.66. The summed E-state index contributed by atoms with van der Waals surface area (Å²) in [4.78, 5) is 32.1. The fraction of sp³-hybridized carbons (Fsp3) is 0.667. The molecule has 0 aromatic rings. The fourth-order valence-electron chi connectivity index (χ4n) is 0.965. The summed E-state index contributed by atoms with van der Waals surface area (Å²) in [5, 5.41) is 0. The third-order valence-corrected chi connectivity index (χ3v) is 1.64. The number of ketones is 1. The van der Waals surface area contributed by atoms with Crippen molar-refractivity contribution in [1.29, 1.82) is 0 Å². The number of hydrogen-bond donors (Lipinski definition) is 0. The van der Waals surface area contributed by atoms with Crippen LogP contribution >= 0.6 is 0 Å². The molecule has 1 unspecified atom stereocenters. The Kier molecular flexibility index (Phi) is 5.76. The molecule has 0 rings (SSSR count). The van der Waals surface area contributed by atoms with Crippen molar-refractivity contribution in [2.75, 3.05) is 6.61 Å². The molecule has 0 aliphatic rings. The summed E-state index contributed by atoms with van der Waals surface area (Å²) in [6, 6.07) is 0. The molecule has 13 heavy (non-hydrogen) atoms. The van der Waals surface area contributed by atoms with E-state index in [1.54, 1.807) is 6.92 Å². The molecule has 1 atom stereocenters. The molecule has 0 N–H and O–H groups in total. The number of Topliss-reactive ketones (excluding diaryl/α,β-unsaturated/α-hetero) is 1. The molecule has 0 spiro atoms. The molecular formula is C9H14O4. The third kappa shape index (κ3) is 4.40. The molecule has 0 radical (unpaired) electrons. The van der Waals surface area contributed by atoms with Gasteiger partial charge in [-0.1, -0.05) is 0 Å². The lowest BCUT2D eigenvalue weighted by molar-refractivity contribution is -0.151. The molecule has 0 heterocycles. The van der Waals surface area contributed by atoms with Crippen LogP contribution in [0.25, 0.3) is 0 Å². The first-order chi connectivity index (χ1) is 6.13. The van der Waals surface area contributed by atoms with E-state index in [4.69, 9.17) is 0 Å². The van der Waals surface area contributed by atoms with E-state index in [1.807, 2.05) is 0 Å². The Morgan fingerprint density at radius 2 is 2.08 bits per heavy atom. The standard InChI is InChI=1S/C9H14O4/c1-3-13-9(12)8(7(2)11)5-4-6-10/h6,8H,3-5H2,1-2H3. The van der Waals surface area contributed by atoms with Crippen LogP contribution in [0.3, 0.4) is 0 Å². The van der Waals surface area contributed by atoms with Gasteiger partial charge in [0.15, 0.2) is 0 Å². The van der Waals surface area contributed by atoms with Crippen LogP contribution in [0.4, 0.5) is 0 Å². The Morgan fingerprint density at radius 1 is 1.46 bits per heavy atom. The van der Waals surface area contributed by atoms with E-state index in [9.17, 15) is 14.4 Å². The van der Waals surface area contributed by atoms with Gasteiger partial charge < -0.3 is 9.53 Å². The molecule has 4 nitrogen and oxygen atoms in total. The molecule has 4 heteroatoms. The Balaban J connectivity index is 4.15. The lowest BCUT2D eigenvalue weighted by Crippen LogP contribution is -2.24. The fourth-order valence-corrected chi connectivity index (χ4v) is 0.965. The smallest absolute Gasteiger partial charge is 0.316 e. The first-order valence-electron chi connectivity index (χ1n) is 4.24. The van der Waals surface area contributed by atoms with Gasteiger partial charge in [0.05, 0.1) is 6.61 Å². The Hall–Kier alpha value is -1.19. The maximum absolute atomic E-state index is 11.1. The van der Waals surface area contributed by atoms with Gasteiger partial charge in [-0.3, -0.25) is 9.59 Å². The van der Waals surface area contributed by atoms with Crippen LogP contribution < -0.4 is 0 Å². The van der Waals surface area contributed by atoms with Crippen LogP contribution in [-0.2, 0) is 19.1 Å². The maximum atomic E-state index is 11.1. The van der Waals surface area contributed by atoms with Gasteiger partial charge in [0.1, 0.15) is 18.0 Å². The first-order valence-corrected chi connectivity index (χ1v) is 4.24. The quantitative estimate of drug-likeness (QED) is 0.348. The molecule has 74 valence electrons. The SMILES string of the molecule is CCOC(=O)C(CCC=O)C(C)=O. The maximum Gasteiger partial charge on any atom is 0.316 e. The molecular weight excluding hydrogens is 172 g/mol. The van der Waals surface area contributed by atoms with E-state index < -0.39 is 11.9 Å². The first kappa shape index (κ1) is 11.8. The summed E-state index contributed by atoms with van der Waals surface area (Å²) in [7, 11) is 0. The zero-order valence-corrected chi connectivity index (χ0v) is 7.91. The van der Waals surface area contributed by atoms with E-state index in [-0.39, 0.29) is 25.2 Å². The molecule has 0 fully saturated rings. The van der Waals surface area contributed by atoms with Crippen molar-refractivity contribution in [3.8, 4) is 0 Å². The highest BCUT2D eigenvalue weighted by Crippen LogP contribution is 2.09. The van der Waals surface area contributed by atoms with Crippen molar-refractivity contribution in [3.63, 3.8) is 0 Å². The molecule has 0 saturated heterocycles.